The average Bonchev–Trinajstić information content (AvgIpc) is 2.49. The van der Waals surface area contributed by atoms with Crippen LogP contribution in [0.5, 0.6) is 5.75 Å². The molecule has 0 aliphatic carbocycles. The van der Waals surface area contributed by atoms with Gasteiger partial charge in [0.25, 0.3) is 0 Å². The Morgan fingerprint density at radius 2 is 1.74 bits per heavy atom. The Kier molecular flexibility index (Phi) is 5.31. The standard InChI is InChI=1S/C17H14OSe/c1-18-17-9-7-16(8-10-17)12-14-19-13-11-15-5-3-2-4-6-15/h2-10,12,14H,1H3/b14-12+. The predicted molar refractivity (Wildman–Crippen MR) is 81.1 cm³/mol. The first-order chi connectivity index (χ1) is 9.38. The van der Waals surface area contributed by atoms with E-state index in [1.165, 1.54) is 5.56 Å². The zero-order chi connectivity index (χ0) is 13.3. The second-order valence-corrected chi connectivity index (χ2v) is 5.28. The van der Waals surface area contributed by atoms with Crippen LogP contribution in [-0.4, -0.2) is 22.1 Å². The summed E-state index contributed by atoms with van der Waals surface area (Å²) in [4.78, 5) is 5.33. The fourth-order valence-corrected chi connectivity index (χ4v) is 2.46. The molecule has 0 spiro atoms. The van der Waals surface area contributed by atoms with Gasteiger partial charge in [-0.05, 0) is 0 Å². The molecule has 0 aliphatic rings. The van der Waals surface area contributed by atoms with E-state index in [0.29, 0.717) is 0 Å². The fourth-order valence-electron chi connectivity index (χ4n) is 1.47. The zero-order valence-electron chi connectivity index (χ0n) is 10.7. The molecule has 0 N–H and O–H groups in total. The molecule has 0 aromatic heterocycles. The molecule has 0 bridgehead atoms. The maximum absolute atomic E-state index is 5.12. The Morgan fingerprint density at radius 3 is 2.42 bits per heavy atom. The molecule has 0 unspecified atom stereocenters. The van der Waals surface area contributed by atoms with E-state index in [-0.39, 0.29) is 15.0 Å². The molecule has 0 saturated heterocycles. The van der Waals surface area contributed by atoms with Crippen molar-refractivity contribution in [3.8, 4) is 16.5 Å². The molecular formula is C17H14OSe. The fraction of sp³-hybridized carbons (Fsp3) is 0.0588. The van der Waals surface area contributed by atoms with Gasteiger partial charge in [-0.3, -0.25) is 0 Å². The van der Waals surface area contributed by atoms with Crippen molar-refractivity contribution in [2.75, 3.05) is 7.11 Å². The van der Waals surface area contributed by atoms with Crippen molar-refractivity contribution in [1.82, 2.24) is 0 Å². The molecule has 0 heterocycles. The molecule has 2 rings (SSSR count). The second-order valence-electron chi connectivity index (χ2n) is 3.79. The molecule has 19 heavy (non-hydrogen) atoms. The zero-order valence-corrected chi connectivity index (χ0v) is 12.4. The van der Waals surface area contributed by atoms with Gasteiger partial charge in [0.2, 0.25) is 0 Å². The normalized spacial score (nSPS) is 9.95. The van der Waals surface area contributed by atoms with E-state index in [9.17, 15) is 0 Å². The Labute approximate surface area is 120 Å². The minimum absolute atomic E-state index is 0.204. The first kappa shape index (κ1) is 13.5. The molecule has 2 aromatic rings. The van der Waals surface area contributed by atoms with Crippen molar-refractivity contribution in [3.63, 3.8) is 0 Å². The quantitative estimate of drug-likeness (QED) is 0.623. The van der Waals surface area contributed by atoms with Gasteiger partial charge in [0.15, 0.2) is 0 Å². The van der Waals surface area contributed by atoms with Crippen LogP contribution in [0, 0.1) is 10.7 Å². The molecule has 94 valence electrons. The van der Waals surface area contributed by atoms with E-state index >= 15 is 0 Å². The van der Waals surface area contributed by atoms with Crippen molar-refractivity contribution in [1.29, 1.82) is 0 Å². The molecule has 0 fully saturated rings. The summed E-state index contributed by atoms with van der Waals surface area (Å²) in [6, 6.07) is 18.1. The minimum atomic E-state index is 0.204. The number of rotatable bonds is 3. The summed E-state index contributed by atoms with van der Waals surface area (Å²) in [5.41, 5.74) is 2.24. The first-order valence-electron chi connectivity index (χ1n) is 5.91. The van der Waals surface area contributed by atoms with Gasteiger partial charge in [0.1, 0.15) is 0 Å². The topological polar surface area (TPSA) is 9.23 Å². The van der Waals surface area contributed by atoms with Crippen molar-refractivity contribution >= 4 is 21.0 Å². The Hall–Kier alpha value is -1.94. The molecule has 0 amide bonds. The Bertz CT molecular complexity index is 589. The summed E-state index contributed by atoms with van der Waals surface area (Å²) in [7, 11) is 1.67. The van der Waals surface area contributed by atoms with E-state index in [4.69, 9.17) is 4.74 Å². The third kappa shape index (κ3) is 4.67. The van der Waals surface area contributed by atoms with E-state index in [1.807, 2.05) is 54.6 Å². The van der Waals surface area contributed by atoms with Crippen molar-refractivity contribution in [2.24, 2.45) is 0 Å². The van der Waals surface area contributed by atoms with Crippen LogP contribution in [0.15, 0.2) is 59.6 Å². The van der Waals surface area contributed by atoms with Gasteiger partial charge in [0.05, 0.1) is 0 Å². The van der Waals surface area contributed by atoms with Gasteiger partial charge in [-0.15, -0.1) is 0 Å². The summed E-state index contributed by atoms with van der Waals surface area (Å²) >= 11 is 0.204. The SMILES string of the molecule is COc1ccc(/C=C/[Se]C#Cc2ccccc2)cc1. The van der Waals surface area contributed by atoms with Gasteiger partial charge in [0, 0.05) is 0 Å². The average molecular weight is 313 g/mol. The number of hydrogen-bond donors (Lipinski definition) is 0. The van der Waals surface area contributed by atoms with Crippen LogP contribution in [0.25, 0.3) is 6.08 Å². The molecular weight excluding hydrogens is 299 g/mol. The van der Waals surface area contributed by atoms with Gasteiger partial charge >= 0.3 is 120 Å². The summed E-state index contributed by atoms with van der Waals surface area (Å²) in [6.07, 6.45) is 2.10. The van der Waals surface area contributed by atoms with Gasteiger partial charge in [-0.25, -0.2) is 0 Å². The van der Waals surface area contributed by atoms with Crippen LogP contribution in [0.4, 0.5) is 0 Å². The number of benzene rings is 2. The van der Waals surface area contributed by atoms with Crippen molar-refractivity contribution in [3.05, 3.63) is 70.7 Å². The monoisotopic (exact) mass is 314 g/mol. The van der Waals surface area contributed by atoms with Crippen molar-refractivity contribution < 1.29 is 4.74 Å². The van der Waals surface area contributed by atoms with Crippen LogP contribution in [0.2, 0.25) is 0 Å². The summed E-state index contributed by atoms with van der Waals surface area (Å²) in [5, 5.41) is 0. The van der Waals surface area contributed by atoms with Gasteiger partial charge < -0.3 is 0 Å². The predicted octanol–water partition coefficient (Wildman–Crippen LogP) is 3.38. The van der Waals surface area contributed by atoms with Crippen molar-refractivity contribution in [2.45, 2.75) is 0 Å². The van der Waals surface area contributed by atoms with Crippen LogP contribution in [0.3, 0.4) is 0 Å². The van der Waals surface area contributed by atoms with Crippen LogP contribution >= 0.6 is 0 Å². The third-order valence-corrected chi connectivity index (χ3v) is 3.50. The molecule has 0 radical (unpaired) electrons. The first-order valence-corrected chi connectivity index (χ1v) is 7.75. The molecule has 1 nitrogen and oxygen atoms in total. The Balaban J connectivity index is 1.88. The molecule has 0 aliphatic heterocycles. The van der Waals surface area contributed by atoms with Crippen LogP contribution < -0.4 is 4.74 Å². The third-order valence-electron chi connectivity index (χ3n) is 2.47. The number of hydrogen-bond acceptors (Lipinski definition) is 1. The van der Waals surface area contributed by atoms with E-state index < -0.39 is 0 Å². The van der Waals surface area contributed by atoms with Crippen LogP contribution in [-0.2, 0) is 0 Å². The summed E-state index contributed by atoms with van der Waals surface area (Å²) in [6.45, 7) is 0. The van der Waals surface area contributed by atoms with Gasteiger partial charge in [-0.1, -0.05) is 0 Å². The maximum atomic E-state index is 5.12. The summed E-state index contributed by atoms with van der Waals surface area (Å²) < 4.78 is 5.12. The van der Waals surface area contributed by atoms with Crippen LogP contribution in [0.1, 0.15) is 11.1 Å². The Morgan fingerprint density at radius 1 is 1.00 bits per heavy atom. The number of methoxy groups -OCH3 is 1. The molecule has 2 aromatic carbocycles. The van der Waals surface area contributed by atoms with E-state index in [2.05, 4.69) is 21.8 Å². The molecule has 0 saturated carbocycles. The second kappa shape index (κ2) is 7.48. The van der Waals surface area contributed by atoms with E-state index in [1.54, 1.807) is 7.11 Å². The van der Waals surface area contributed by atoms with E-state index in [0.717, 1.165) is 11.3 Å². The van der Waals surface area contributed by atoms with Gasteiger partial charge in [-0.2, -0.15) is 0 Å². The molecule has 0 atom stereocenters. The summed E-state index contributed by atoms with van der Waals surface area (Å²) in [5.74, 6) is 4.04. The number of ether oxygens (including phenoxy) is 1. The molecule has 2 heteroatoms.